The van der Waals surface area contributed by atoms with E-state index in [-0.39, 0.29) is 30.4 Å². The zero-order valence-corrected chi connectivity index (χ0v) is 18.8. The van der Waals surface area contributed by atoms with E-state index in [4.69, 9.17) is 5.73 Å². The second kappa shape index (κ2) is 8.00. The summed E-state index contributed by atoms with van der Waals surface area (Å²) in [6.45, 7) is 2.68. The highest BCUT2D eigenvalue weighted by Gasteiger charge is 2.35. The molecule has 0 fully saturated rings. The second-order valence-corrected chi connectivity index (χ2v) is 8.86. The van der Waals surface area contributed by atoms with Gasteiger partial charge in [-0.25, -0.2) is 13.9 Å². The van der Waals surface area contributed by atoms with Crippen molar-refractivity contribution in [1.29, 1.82) is 0 Å². The number of carbonyl (C=O) groups excluding carboxylic acids is 2. The number of aromatic nitrogens is 3. The zero-order valence-electron chi connectivity index (χ0n) is 18.8. The molecule has 1 aliphatic heterocycles. The molecule has 0 spiro atoms. The molecular formula is C22H26FN7O3. The fourth-order valence-electron chi connectivity index (χ4n) is 3.68. The van der Waals surface area contributed by atoms with Gasteiger partial charge in [-0.3, -0.25) is 9.59 Å². The van der Waals surface area contributed by atoms with E-state index >= 15 is 0 Å². The maximum absolute atomic E-state index is 14.4. The molecule has 11 heteroatoms. The molecule has 33 heavy (non-hydrogen) atoms. The minimum Gasteiger partial charge on any atom is -0.387 e. The number of nitrogens with two attached hydrogens (primary N) is 1. The van der Waals surface area contributed by atoms with Crippen molar-refractivity contribution in [1.82, 2.24) is 19.5 Å². The first-order valence-corrected chi connectivity index (χ1v) is 10.4. The van der Waals surface area contributed by atoms with Gasteiger partial charge in [0.15, 0.2) is 5.65 Å². The van der Waals surface area contributed by atoms with E-state index in [1.165, 1.54) is 29.5 Å². The fraction of sp³-hybridized carbons (Fsp3) is 0.364. The summed E-state index contributed by atoms with van der Waals surface area (Å²) in [7, 11) is 3.58. The van der Waals surface area contributed by atoms with Crippen molar-refractivity contribution in [3.05, 3.63) is 47.3 Å². The topological polar surface area (TPSA) is 129 Å². The van der Waals surface area contributed by atoms with E-state index in [9.17, 15) is 19.1 Å². The summed E-state index contributed by atoms with van der Waals surface area (Å²) < 4.78 is 15.9. The molecule has 0 radical (unpaired) electrons. The van der Waals surface area contributed by atoms with Gasteiger partial charge in [0.05, 0.1) is 29.7 Å². The number of aliphatic hydroxyl groups is 1. The molecule has 10 nitrogen and oxygen atoms in total. The molecule has 3 heterocycles. The lowest BCUT2D eigenvalue weighted by Gasteiger charge is -2.26. The van der Waals surface area contributed by atoms with Gasteiger partial charge in [0.1, 0.15) is 17.6 Å². The monoisotopic (exact) mass is 455 g/mol. The van der Waals surface area contributed by atoms with Crippen molar-refractivity contribution in [3.8, 4) is 0 Å². The molecule has 1 unspecified atom stereocenters. The van der Waals surface area contributed by atoms with Gasteiger partial charge in [-0.05, 0) is 37.6 Å². The van der Waals surface area contributed by atoms with Gasteiger partial charge < -0.3 is 26.0 Å². The fourth-order valence-corrected chi connectivity index (χ4v) is 3.68. The predicted molar refractivity (Wildman–Crippen MR) is 122 cm³/mol. The molecule has 1 aliphatic rings. The van der Waals surface area contributed by atoms with E-state index in [0.717, 1.165) is 0 Å². The van der Waals surface area contributed by atoms with Crippen molar-refractivity contribution in [2.75, 3.05) is 36.6 Å². The average molecular weight is 455 g/mol. The van der Waals surface area contributed by atoms with Crippen LogP contribution in [-0.4, -0.2) is 68.8 Å². The number of alkyl halides is 1. The van der Waals surface area contributed by atoms with E-state index in [1.807, 2.05) is 0 Å². The van der Waals surface area contributed by atoms with Crippen molar-refractivity contribution >= 4 is 34.7 Å². The van der Waals surface area contributed by atoms with Crippen LogP contribution < -0.4 is 16.0 Å². The molecule has 0 saturated carbocycles. The first-order valence-electron chi connectivity index (χ1n) is 10.4. The number of fused-ring (bicyclic) bond motifs is 2. The van der Waals surface area contributed by atoms with Gasteiger partial charge in [0, 0.05) is 32.4 Å². The Morgan fingerprint density at radius 3 is 2.79 bits per heavy atom. The SMILES string of the molecule is CN(C)c1cc2c(cc1NC(=O)c1cnn3ccc(N)nc13)CN(CC(F)C(C)(C)O)C2=O. The molecule has 174 valence electrons. The number of carbonyl (C=O) groups is 2. The number of nitrogen functional groups attached to an aromatic ring is 1. The number of amides is 2. The summed E-state index contributed by atoms with van der Waals surface area (Å²) in [5.74, 6) is -0.488. The number of nitrogens with one attached hydrogen (secondary N) is 1. The Morgan fingerprint density at radius 2 is 2.12 bits per heavy atom. The normalized spacial score (nSPS) is 14.5. The summed E-state index contributed by atoms with van der Waals surface area (Å²) in [4.78, 5) is 33.2. The summed E-state index contributed by atoms with van der Waals surface area (Å²) in [5.41, 5.74) is 6.95. The zero-order chi connectivity index (χ0) is 24.1. The second-order valence-electron chi connectivity index (χ2n) is 8.86. The molecule has 4 N–H and O–H groups in total. The van der Waals surface area contributed by atoms with Crippen LogP contribution in [-0.2, 0) is 6.54 Å². The third-order valence-electron chi connectivity index (χ3n) is 5.61. The van der Waals surface area contributed by atoms with Crippen LogP contribution in [0.4, 0.5) is 21.6 Å². The lowest BCUT2D eigenvalue weighted by molar-refractivity contribution is -0.0159. The van der Waals surface area contributed by atoms with Gasteiger partial charge in [0.25, 0.3) is 11.8 Å². The highest BCUT2D eigenvalue weighted by molar-refractivity contribution is 6.10. The van der Waals surface area contributed by atoms with Crippen LogP contribution in [0.25, 0.3) is 5.65 Å². The molecule has 0 aliphatic carbocycles. The van der Waals surface area contributed by atoms with Crippen LogP contribution in [0.3, 0.4) is 0 Å². The minimum atomic E-state index is -1.60. The van der Waals surface area contributed by atoms with Gasteiger partial charge >= 0.3 is 0 Å². The van der Waals surface area contributed by atoms with Gasteiger partial charge in [0.2, 0.25) is 0 Å². The Labute approximate surface area is 189 Å². The maximum Gasteiger partial charge on any atom is 0.261 e. The Bertz CT molecular complexity index is 1250. The van der Waals surface area contributed by atoms with Crippen LogP contribution in [0.1, 0.15) is 40.1 Å². The lowest BCUT2D eigenvalue weighted by Crippen LogP contribution is -2.42. The highest BCUT2D eigenvalue weighted by atomic mass is 19.1. The number of benzene rings is 1. The standard InChI is InChI=1S/C22H26FN7O3/c1-22(2,33)17(23)11-29-10-12-7-15(16(28(3)4)8-13(12)21(29)32)26-20(31)14-9-25-30-6-5-18(24)27-19(14)30/h5-9,17,33H,10-11H2,1-4H3,(H2,24,27)(H,26,31). The van der Waals surface area contributed by atoms with Crippen LogP contribution in [0.2, 0.25) is 0 Å². The molecular weight excluding hydrogens is 429 g/mol. The summed E-state index contributed by atoms with van der Waals surface area (Å²) in [6, 6.07) is 4.97. The van der Waals surface area contributed by atoms with Gasteiger partial charge in [-0.1, -0.05) is 0 Å². The lowest BCUT2D eigenvalue weighted by atomic mass is 10.0. The molecule has 1 aromatic carbocycles. The molecule has 4 rings (SSSR count). The Hall–Kier alpha value is -3.73. The molecule has 0 bridgehead atoms. The van der Waals surface area contributed by atoms with Crippen LogP contribution in [0.15, 0.2) is 30.6 Å². The van der Waals surface area contributed by atoms with Crippen molar-refractivity contribution in [2.45, 2.75) is 32.2 Å². The minimum absolute atomic E-state index is 0.177. The van der Waals surface area contributed by atoms with E-state index in [2.05, 4.69) is 15.4 Å². The summed E-state index contributed by atoms with van der Waals surface area (Å²) in [6.07, 6.45) is 1.42. The predicted octanol–water partition coefficient (Wildman–Crippen LogP) is 1.69. The van der Waals surface area contributed by atoms with Gasteiger partial charge in [-0.15, -0.1) is 0 Å². The number of anilines is 3. The summed E-state index contributed by atoms with van der Waals surface area (Å²) in [5, 5.41) is 16.9. The van der Waals surface area contributed by atoms with Gasteiger partial charge in [-0.2, -0.15) is 5.10 Å². The smallest absolute Gasteiger partial charge is 0.261 e. The third kappa shape index (κ3) is 4.19. The number of hydrogen-bond acceptors (Lipinski definition) is 7. The first kappa shape index (κ1) is 22.5. The van der Waals surface area contributed by atoms with E-state index < -0.39 is 17.7 Å². The quantitative estimate of drug-likeness (QED) is 0.516. The Balaban J connectivity index is 1.64. The largest absolute Gasteiger partial charge is 0.387 e. The molecule has 1 atom stereocenters. The number of rotatable bonds is 6. The maximum atomic E-state index is 14.4. The van der Waals surface area contributed by atoms with E-state index in [0.29, 0.717) is 28.1 Å². The molecule has 0 saturated heterocycles. The van der Waals surface area contributed by atoms with Crippen molar-refractivity contribution in [2.24, 2.45) is 0 Å². The van der Waals surface area contributed by atoms with Crippen molar-refractivity contribution < 1.29 is 19.1 Å². The molecule has 3 aromatic rings. The molecule has 2 aromatic heterocycles. The number of halogens is 1. The number of nitrogens with zero attached hydrogens (tertiary/aromatic N) is 5. The third-order valence-corrected chi connectivity index (χ3v) is 5.61. The van der Waals surface area contributed by atoms with Crippen LogP contribution in [0, 0.1) is 0 Å². The Morgan fingerprint density at radius 1 is 1.39 bits per heavy atom. The summed E-state index contributed by atoms with van der Waals surface area (Å²) >= 11 is 0. The van der Waals surface area contributed by atoms with Crippen LogP contribution in [0.5, 0.6) is 0 Å². The highest BCUT2D eigenvalue weighted by Crippen LogP contribution is 2.34. The Kier molecular flexibility index (Phi) is 5.44. The van der Waals surface area contributed by atoms with Crippen molar-refractivity contribution in [3.63, 3.8) is 0 Å². The number of hydrogen-bond donors (Lipinski definition) is 3. The molecule has 2 amide bonds. The first-order chi connectivity index (χ1) is 15.5. The average Bonchev–Trinajstić information content (AvgIpc) is 3.27. The van der Waals surface area contributed by atoms with Crippen LogP contribution >= 0.6 is 0 Å². The van der Waals surface area contributed by atoms with E-state index in [1.54, 1.807) is 43.4 Å².